The van der Waals surface area contributed by atoms with Gasteiger partial charge in [-0.05, 0) is 54.6 Å². The first kappa shape index (κ1) is 21.9. The summed E-state index contributed by atoms with van der Waals surface area (Å²) in [5.41, 5.74) is 4.49. The van der Waals surface area contributed by atoms with Crippen molar-refractivity contribution >= 4 is 16.6 Å². The third-order valence-corrected chi connectivity index (χ3v) is 5.56. The first-order chi connectivity index (χ1) is 17.0. The van der Waals surface area contributed by atoms with Crippen LogP contribution in [0.15, 0.2) is 94.1 Å². The molecule has 0 radical (unpaired) electrons. The second-order valence-corrected chi connectivity index (χ2v) is 7.70. The highest BCUT2D eigenvalue weighted by molar-refractivity contribution is 5.79. The molecule has 9 nitrogen and oxygen atoms in total. The van der Waals surface area contributed by atoms with Crippen LogP contribution in [-0.4, -0.2) is 21.7 Å². The molecule has 0 saturated heterocycles. The molecular weight excluding hydrogens is 448 g/mol. The van der Waals surface area contributed by atoms with Crippen LogP contribution in [0, 0.1) is 10.1 Å². The molecule has 0 bridgehead atoms. The van der Waals surface area contributed by atoms with Crippen LogP contribution >= 0.6 is 0 Å². The molecule has 0 aliphatic rings. The van der Waals surface area contributed by atoms with E-state index in [4.69, 9.17) is 14.1 Å². The van der Waals surface area contributed by atoms with E-state index in [0.717, 1.165) is 5.56 Å². The summed E-state index contributed by atoms with van der Waals surface area (Å²) in [7, 11) is 1.59. The van der Waals surface area contributed by atoms with Gasteiger partial charge in [-0.1, -0.05) is 24.3 Å². The van der Waals surface area contributed by atoms with Crippen LogP contribution in [-0.2, 0) is 6.54 Å². The van der Waals surface area contributed by atoms with Crippen molar-refractivity contribution in [3.63, 3.8) is 0 Å². The van der Waals surface area contributed by atoms with Crippen molar-refractivity contribution in [3.8, 4) is 28.5 Å². The Balaban J connectivity index is 1.51. The molecule has 0 spiro atoms. The molecule has 3 aromatic carbocycles. The zero-order valence-electron chi connectivity index (χ0n) is 18.7. The Morgan fingerprint density at radius 1 is 1.00 bits per heavy atom. The Kier molecular flexibility index (Phi) is 5.72. The fourth-order valence-electron chi connectivity index (χ4n) is 3.83. The van der Waals surface area contributed by atoms with Crippen molar-refractivity contribution in [1.82, 2.24) is 9.66 Å². The number of aromatic nitrogens is 2. The number of hydrogen-bond donors (Lipinski definition) is 1. The molecule has 9 heteroatoms. The SMILES string of the molecule is COc1ccc(-c2nc3ccccc3c(=O)n2NCc2ccc(-c3ccccc3[N+](=O)[O-])o2)cc1. The Morgan fingerprint density at radius 2 is 1.74 bits per heavy atom. The zero-order chi connectivity index (χ0) is 24.4. The second kappa shape index (κ2) is 9.14. The van der Waals surface area contributed by atoms with Gasteiger partial charge in [0.15, 0.2) is 5.82 Å². The monoisotopic (exact) mass is 468 g/mol. The number of fused-ring (bicyclic) bond motifs is 1. The van der Waals surface area contributed by atoms with Gasteiger partial charge in [0.05, 0.1) is 35.0 Å². The number of nitrogens with one attached hydrogen (secondary N) is 1. The van der Waals surface area contributed by atoms with Gasteiger partial charge in [-0.3, -0.25) is 14.9 Å². The van der Waals surface area contributed by atoms with Crippen LogP contribution < -0.4 is 15.7 Å². The van der Waals surface area contributed by atoms with Gasteiger partial charge in [-0.15, -0.1) is 0 Å². The number of nitro groups is 1. The molecule has 0 unspecified atom stereocenters. The van der Waals surface area contributed by atoms with Crippen LogP contribution in [0.3, 0.4) is 0 Å². The number of methoxy groups -OCH3 is 1. The number of ether oxygens (including phenoxy) is 1. The topological polar surface area (TPSA) is 112 Å². The molecule has 1 N–H and O–H groups in total. The van der Waals surface area contributed by atoms with E-state index in [1.165, 1.54) is 10.7 Å². The normalized spacial score (nSPS) is 10.9. The lowest BCUT2D eigenvalue weighted by Gasteiger charge is -2.15. The highest BCUT2D eigenvalue weighted by Crippen LogP contribution is 2.31. The average molecular weight is 468 g/mol. The van der Waals surface area contributed by atoms with Crippen LogP contribution in [0.1, 0.15) is 5.76 Å². The molecule has 0 aliphatic heterocycles. The summed E-state index contributed by atoms with van der Waals surface area (Å²) in [4.78, 5) is 29.0. The summed E-state index contributed by atoms with van der Waals surface area (Å²) in [5, 5.41) is 11.8. The van der Waals surface area contributed by atoms with Gasteiger partial charge in [-0.2, -0.15) is 0 Å². The van der Waals surface area contributed by atoms with Gasteiger partial charge in [0.2, 0.25) is 0 Å². The van der Waals surface area contributed by atoms with E-state index in [1.54, 1.807) is 67.8 Å². The maximum absolute atomic E-state index is 13.3. The molecule has 0 aliphatic carbocycles. The van der Waals surface area contributed by atoms with Gasteiger partial charge >= 0.3 is 0 Å². The zero-order valence-corrected chi connectivity index (χ0v) is 18.7. The number of nitrogens with zero attached hydrogens (tertiary/aromatic N) is 3. The van der Waals surface area contributed by atoms with E-state index in [2.05, 4.69) is 5.43 Å². The Hall–Kier alpha value is -4.92. The van der Waals surface area contributed by atoms with E-state index in [0.29, 0.717) is 39.6 Å². The van der Waals surface area contributed by atoms with Gasteiger partial charge in [-0.25, -0.2) is 9.66 Å². The van der Waals surface area contributed by atoms with E-state index >= 15 is 0 Å². The number of furan rings is 1. The number of hydrogen-bond acceptors (Lipinski definition) is 7. The van der Waals surface area contributed by atoms with Crippen molar-refractivity contribution in [2.24, 2.45) is 0 Å². The number of nitro benzene ring substituents is 1. The molecular formula is C26H20N4O5. The Morgan fingerprint density at radius 3 is 2.51 bits per heavy atom. The Labute approximate surface area is 199 Å². The largest absolute Gasteiger partial charge is 0.497 e. The molecule has 35 heavy (non-hydrogen) atoms. The summed E-state index contributed by atoms with van der Waals surface area (Å²) in [5.74, 6) is 1.99. The lowest BCUT2D eigenvalue weighted by atomic mass is 10.1. The van der Waals surface area contributed by atoms with Crippen molar-refractivity contribution in [2.45, 2.75) is 6.54 Å². The highest BCUT2D eigenvalue weighted by Gasteiger charge is 2.18. The van der Waals surface area contributed by atoms with Gasteiger partial charge in [0.25, 0.3) is 11.2 Å². The highest BCUT2D eigenvalue weighted by atomic mass is 16.6. The number of para-hydroxylation sites is 2. The summed E-state index contributed by atoms with van der Waals surface area (Å²) in [6.07, 6.45) is 0. The molecule has 0 saturated carbocycles. The number of rotatable bonds is 7. The third kappa shape index (κ3) is 4.22. The second-order valence-electron chi connectivity index (χ2n) is 7.70. The van der Waals surface area contributed by atoms with Crippen LogP contribution in [0.4, 0.5) is 5.69 Å². The molecule has 0 amide bonds. The molecule has 5 rings (SSSR count). The standard InChI is InChI=1S/C26H20N4O5/c1-34-18-12-10-17(11-13-18)25-28-22-8-4-2-6-20(22)26(31)29(25)27-16-19-14-15-24(35-19)21-7-3-5-9-23(21)30(32)33/h2-15,27H,16H2,1H3. The molecule has 0 fully saturated rings. The summed E-state index contributed by atoms with van der Waals surface area (Å²) >= 11 is 0. The minimum absolute atomic E-state index is 0.0434. The van der Waals surface area contributed by atoms with Crippen molar-refractivity contribution in [1.29, 1.82) is 0 Å². The minimum atomic E-state index is -0.447. The lowest BCUT2D eigenvalue weighted by molar-refractivity contribution is -0.384. The molecule has 0 atom stereocenters. The lowest BCUT2D eigenvalue weighted by Crippen LogP contribution is -2.31. The average Bonchev–Trinajstić information content (AvgIpc) is 3.37. The molecule has 2 aromatic heterocycles. The van der Waals surface area contributed by atoms with E-state index < -0.39 is 4.92 Å². The van der Waals surface area contributed by atoms with E-state index in [9.17, 15) is 14.9 Å². The molecule has 174 valence electrons. The van der Waals surface area contributed by atoms with Gasteiger partial charge < -0.3 is 14.6 Å². The van der Waals surface area contributed by atoms with E-state index in [-0.39, 0.29) is 17.8 Å². The Bertz CT molecular complexity index is 1590. The fraction of sp³-hybridized carbons (Fsp3) is 0.0769. The fourth-order valence-corrected chi connectivity index (χ4v) is 3.83. The van der Waals surface area contributed by atoms with Crippen LogP contribution in [0.2, 0.25) is 0 Å². The maximum atomic E-state index is 13.3. The quantitative estimate of drug-likeness (QED) is 0.265. The van der Waals surface area contributed by atoms with Crippen LogP contribution in [0.5, 0.6) is 5.75 Å². The molecule has 2 heterocycles. The van der Waals surface area contributed by atoms with Gasteiger partial charge in [0, 0.05) is 11.6 Å². The van der Waals surface area contributed by atoms with Gasteiger partial charge in [0.1, 0.15) is 17.3 Å². The third-order valence-electron chi connectivity index (χ3n) is 5.56. The van der Waals surface area contributed by atoms with Crippen molar-refractivity contribution in [3.05, 3.63) is 111 Å². The smallest absolute Gasteiger partial charge is 0.280 e. The van der Waals surface area contributed by atoms with Crippen LogP contribution in [0.25, 0.3) is 33.6 Å². The first-order valence-corrected chi connectivity index (χ1v) is 10.8. The molecule has 5 aromatic rings. The predicted molar refractivity (Wildman–Crippen MR) is 132 cm³/mol. The summed E-state index contributed by atoms with van der Waals surface area (Å²) in [6, 6.07) is 24.1. The predicted octanol–water partition coefficient (Wildman–Crippen LogP) is 4.98. The maximum Gasteiger partial charge on any atom is 0.280 e. The first-order valence-electron chi connectivity index (χ1n) is 10.8. The summed E-state index contributed by atoms with van der Waals surface area (Å²) in [6.45, 7) is 0.156. The van der Waals surface area contributed by atoms with E-state index in [1.807, 2.05) is 18.2 Å². The summed E-state index contributed by atoms with van der Waals surface area (Å²) < 4.78 is 12.5. The number of benzene rings is 3. The minimum Gasteiger partial charge on any atom is -0.497 e. The van der Waals surface area contributed by atoms with Crippen molar-refractivity contribution in [2.75, 3.05) is 12.5 Å². The van der Waals surface area contributed by atoms with Crippen molar-refractivity contribution < 1.29 is 14.1 Å².